The van der Waals surface area contributed by atoms with Gasteiger partial charge in [-0.2, -0.15) is 4.39 Å². The molecule has 0 saturated heterocycles. The topological polar surface area (TPSA) is 183 Å². The molecule has 0 unspecified atom stereocenters. The van der Waals surface area contributed by atoms with E-state index in [1.54, 1.807) is 4.98 Å². The molecule has 0 bridgehead atoms. The van der Waals surface area contributed by atoms with E-state index in [9.17, 15) is 38.6 Å². The van der Waals surface area contributed by atoms with Gasteiger partial charge >= 0.3 is 31.1 Å². The fraction of sp³-hybridized carbons (Fsp3) is 0.658. The van der Waals surface area contributed by atoms with Crippen LogP contribution >= 0.6 is 67.8 Å². The van der Waals surface area contributed by atoms with E-state index in [2.05, 4.69) is 87.5 Å². The Balaban J connectivity index is -0.000000187. The number of H-pyrrole nitrogens is 2. The number of carbonyl (C=O) groups is 3. The van der Waals surface area contributed by atoms with Gasteiger partial charge in [-0.3, -0.25) is 14.6 Å². The van der Waals surface area contributed by atoms with Crippen molar-refractivity contribution in [2.75, 3.05) is 0 Å². The van der Waals surface area contributed by atoms with E-state index < -0.39 is 35.0 Å². The Morgan fingerprint density at radius 2 is 0.925 bits per heavy atom. The molecular formula is C38H62FI3N2O8Zn. The van der Waals surface area contributed by atoms with Gasteiger partial charge in [-0.05, 0) is 70.6 Å². The fourth-order valence-corrected chi connectivity index (χ4v) is 4.20. The van der Waals surface area contributed by atoms with Crippen LogP contribution in [-0.4, -0.2) is 32.9 Å². The minimum atomic E-state index is -1.00. The fourth-order valence-electron chi connectivity index (χ4n) is 4.20. The Bertz CT molecular complexity index is 1050. The molecule has 0 fully saturated rings. The summed E-state index contributed by atoms with van der Waals surface area (Å²) >= 11 is 6.95. The summed E-state index contributed by atoms with van der Waals surface area (Å²) in [6.45, 7) is 11.0. The summed E-state index contributed by atoms with van der Waals surface area (Å²) in [6.07, 6.45) is 30.5. The molecule has 0 aliphatic carbocycles. The van der Waals surface area contributed by atoms with Crippen molar-refractivity contribution in [3.63, 3.8) is 0 Å². The van der Waals surface area contributed by atoms with Crippen LogP contribution in [0.15, 0.2) is 53.8 Å². The van der Waals surface area contributed by atoms with Crippen molar-refractivity contribution in [2.24, 2.45) is 0 Å². The number of hydrogen-bond donors (Lipinski definition) is 3. The van der Waals surface area contributed by atoms with Gasteiger partial charge in [-0.15, -0.1) is 19.7 Å². The molecule has 0 aromatic carbocycles. The number of hydrogen-bond acceptors (Lipinski definition) is 7. The van der Waals surface area contributed by atoms with Crippen LogP contribution in [0.3, 0.4) is 0 Å². The predicted molar refractivity (Wildman–Crippen MR) is 233 cm³/mol. The smallest absolute Gasteiger partial charge is 0.550 e. The Hall–Kier alpha value is -0.947. The van der Waals surface area contributed by atoms with Crippen molar-refractivity contribution < 1.29 is 53.6 Å². The third-order valence-electron chi connectivity index (χ3n) is 6.90. The van der Waals surface area contributed by atoms with Gasteiger partial charge in [0.2, 0.25) is 5.82 Å². The molecule has 0 spiro atoms. The summed E-state index contributed by atoms with van der Waals surface area (Å²) in [6, 6.07) is 0. The van der Waals surface area contributed by atoms with E-state index in [1.807, 2.05) is 23.2 Å². The van der Waals surface area contributed by atoms with Crippen molar-refractivity contribution in [3.8, 4) is 0 Å². The summed E-state index contributed by atoms with van der Waals surface area (Å²) < 4.78 is 12.7. The quantitative estimate of drug-likeness (QED) is 0.0256. The summed E-state index contributed by atoms with van der Waals surface area (Å²) in [5.41, 5.74) is -1.71. The average Bonchev–Trinajstić information content (AvgIpc) is 3.07. The summed E-state index contributed by atoms with van der Waals surface area (Å²) in [7, 11) is 0. The minimum Gasteiger partial charge on any atom is -0.550 e. The maximum absolute atomic E-state index is 12.0. The number of carbonyl (C=O) groups excluding carboxylic acids is 2. The molecule has 1 rings (SSSR count). The van der Waals surface area contributed by atoms with Gasteiger partial charge in [0.25, 0.3) is 5.56 Å². The number of aromatic amines is 2. The van der Waals surface area contributed by atoms with Gasteiger partial charge in [-0.1, -0.05) is 163 Å². The molecular weight excluding hydrogens is 1080 g/mol. The zero-order valence-electron chi connectivity index (χ0n) is 31.5. The molecule has 0 aliphatic rings. The van der Waals surface area contributed by atoms with Crippen LogP contribution in [0.25, 0.3) is 0 Å². The number of halogens is 4. The standard InChI is InChI=1S/3C11H20O2.C4H3FN2O2.CHI3.Zn/c3*1-2-3-4-5-6-7-8-9-10-11(12)13;5-2-1-6-4(9)7-3(2)8;2-1(3)4;/h3*2H,1,3-10H2,(H,12,13);1H,(H2,6,7,8,9);1H;/q;;;;;+2/p-2. The third-order valence-corrected chi connectivity index (χ3v) is 6.90. The molecule has 10 nitrogen and oxygen atoms in total. The number of allylic oxidation sites excluding steroid dienone is 3. The average molecular weight is 1140 g/mol. The first-order valence-corrected chi connectivity index (χ1v) is 21.8. The number of alkyl halides is 3. The Morgan fingerprint density at radius 1 is 0.642 bits per heavy atom. The van der Waals surface area contributed by atoms with Crippen molar-refractivity contribution in [1.29, 1.82) is 0 Å². The van der Waals surface area contributed by atoms with Crippen LogP contribution in [0.5, 0.6) is 0 Å². The molecule has 1 aromatic rings. The van der Waals surface area contributed by atoms with Gasteiger partial charge in [0.1, 0.15) is -0.0619 Å². The zero-order valence-corrected chi connectivity index (χ0v) is 40.9. The second kappa shape index (κ2) is 51.1. The summed E-state index contributed by atoms with van der Waals surface area (Å²) in [5.74, 6) is -3.51. The summed E-state index contributed by atoms with van der Waals surface area (Å²) in [5, 5.41) is 28.5. The Kier molecular flexibility index (Phi) is 59.0. The number of carboxylic acids is 3. The van der Waals surface area contributed by atoms with Gasteiger partial charge in [0.05, 0.1) is 0 Å². The van der Waals surface area contributed by atoms with E-state index in [4.69, 9.17) is 5.11 Å². The maximum Gasteiger partial charge on any atom is 2.00 e. The van der Waals surface area contributed by atoms with Crippen LogP contribution in [0.2, 0.25) is 0 Å². The molecule has 0 aliphatic heterocycles. The molecule has 0 radical (unpaired) electrons. The van der Waals surface area contributed by atoms with E-state index in [1.165, 1.54) is 64.2 Å². The number of carboxylic acid groups (broad SMARTS) is 3. The van der Waals surface area contributed by atoms with Gasteiger partial charge in [0, 0.05) is 24.6 Å². The van der Waals surface area contributed by atoms with Crippen LogP contribution in [0.1, 0.15) is 154 Å². The van der Waals surface area contributed by atoms with E-state index in [0.717, 1.165) is 70.6 Å². The third kappa shape index (κ3) is 69.5. The van der Waals surface area contributed by atoms with E-state index in [0.29, 0.717) is 12.6 Å². The molecule has 1 aromatic heterocycles. The first-order chi connectivity index (χ1) is 24.7. The van der Waals surface area contributed by atoms with Crippen LogP contribution < -0.4 is 21.5 Å². The molecule has 0 saturated carbocycles. The van der Waals surface area contributed by atoms with Gasteiger partial charge < -0.3 is 29.9 Å². The second-order valence-electron chi connectivity index (χ2n) is 11.7. The number of rotatable bonds is 27. The molecule has 1 heterocycles. The van der Waals surface area contributed by atoms with Crippen molar-refractivity contribution in [1.82, 2.24) is 9.97 Å². The van der Waals surface area contributed by atoms with Gasteiger partial charge in [-0.25, -0.2) is 4.79 Å². The Morgan fingerprint density at radius 3 is 1.17 bits per heavy atom. The molecule has 3 N–H and O–H groups in total. The Labute approximate surface area is 370 Å². The van der Waals surface area contributed by atoms with E-state index in [-0.39, 0.29) is 32.3 Å². The van der Waals surface area contributed by atoms with Crippen molar-refractivity contribution >= 4 is 85.7 Å². The summed E-state index contributed by atoms with van der Waals surface area (Å²) in [4.78, 5) is 54.3. The molecule has 0 atom stereocenters. The molecule has 53 heavy (non-hydrogen) atoms. The van der Waals surface area contributed by atoms with Crippen LogP contribution in [-0.2, 0) is 33.9 Å². The first kappa shape index (κ1) is 61.3. The second-order valence-corrected chi connectivity index (χ2v) is 22.5. The first-order valence-electron chi connectivity index (χ1n) is 18.1. The van der Waals surface area contributed by atoms with Gasteiger partial charge in [0.15, 0.2) is 0 Å². The molecule has 302 valence electrons. The SMILES string of the molecule is C=CCCCCCCCCC(=O)O.C=CCCCCCCCCC(=O)[O-].C=CCCCCCCCCC(=O)[O-].IC(I)I.O=c1[nH]cc(F)c(=O)[nH]1.[Zn+2]. The van der Waals surface area contributed by atoms with Crippen LogP contribution in [0, 0.1) is 5.82 Å². The normalized spacial score (nSPS) is 9.53. The van der Waals surface area contributed by atoms with E-state index >= 15 is 0 Å². The largest absolute Gasteiger partial charge is 2.00 e. The van der Waals surface area contributed by atoms with Crippen LogP contribution in [0.4, 0.5) is 4.39 Å². The number of aromatic nitrogens is 2. The zero-order chi connectivity index (χ0) is 40.3. The minimum absolute atomic E-state index is 0. The maximum atomic E-state index is 12.0. The molecule has 0 amide bonds. The monoisotopic (exact) mass is 1140 g/mol. The van der Waals surface area contributed by atoms with Crippen molar-refractivity contribution in [3.05, 3.63) is 70.8 Å². The van der Waals surface area contributed by atoms with Crippen molar-refractivity contribution in [2.45, 2.75) is 154 Å². The number of unbranched alkanes of at least 4 members (excludes halogenated alkanes) is 18. The number of aliphatic carboxylic acids is 3. The molecule has 15 heteroatoms. The number of nitrogens with one attached hydrogen (secondary N) is 2. The predicted octanol–water partition coefficient (Wildman–Crippen LogP) is 9.24.